The van der Waals surface area contributed by atoms with Crippen LogP contribution in [0.15, 0.2) is 45.8 Å². The number of sulfonamides is 1. The smallest absolute Gasteiger partial charge is 0.256 e. The molecule has 0 fully saturated rings. The van der Waals surface area contributed by atoms with E-state index in [0.29, 0.717) is 37.6 Å². The lowest BCUT2D eigenvalue weighted by molar-refractivity contribution is -0.128. The van der Waals surface area contributed by atoms with Crippen LogP contribution in [0, 0.1) is 0 Å². The van der Waals surface area contributed by atoms with Crippen LogP contribution in [-0.2, 0) is 26.1 Å². The summed E-state index contributed by atoms with van der Waals surface area (Å²) in [7, 11) is -1.80. The lowest BCUT2D eigenvalue weighted by Crippen LogP contribution is -2.39. The fourth-order valence-electron chi connectivity index (χ4n) is 2.55. The summed E-state index contributed by atoms with van der Waals surface area (Å²) in [5, 5.41) is 1.98. The molecule has 0 atom stereocenters. The molecule has 3 rings (SSSR count). The molecule has 3 heterocycles. The van der Waals surface area contributed by atoms with Crippen molar-refractivity contribution in [3.8, 4) is 0 Å². The zero-order valence-electron chi connectivity index (χ0n) is 13.8. The van der Waals surface area contributed by atoms with E-state index < -0.39 is 10.0 Å². The molecule has 2 aliphatic heterocycles. The summed E-state index contributed by atoms with van der Waals surface area (Å²) >= 11 is 1.60. The minimum atomic E-state index is -3.40. The Bertz CT molecular complexity index is 826. The molecule has 0 bridgehead atoms. The monoisotopic (exact) mass is 381 g/mol. The first-order chi connectivity index (χ1) is 12.0. The number of hydrogen-bond acceptors (Lipinski definition) is 6. The quantitative estimate of drug-likeness (QED) is 0.740. The maximum absolute atomic E-state index is 12.9. The Morgan fingerprint density at radius 1 is 1.44 bits per heavy atom. The second-order valence-corrected chi connectivity index (χ2v) is 8.43. The number of thiophene rings is 1. The molecule has 1 aromatic rings. The molecule has 0 N–H and O–H groups in total. The molecule has 0 unspecified atom stereocenters. The first-order valence-corrected chi connectivity index (χ1v) is 10.3. The summed E-state index contributed by atoms with van der Waals surface area (Å²) in [6.45, 7) is 1.74. The van der Waals surface area contributed by atoms with Gasteiger partial charge in [-0.2, -0.15) is 0 Å². The highest BCUT2D eigenvalue weighted by Crippen LogP contribution is 2.19. The molecular weight excluding hydrogens is 362 g/mol. The minimum Gasteiger partial charge on any atom is -0.383 e. The summed E-state index contributed by atoms with van der Waals surface area (Å²) in [5.41, 5.74) is 0.505. The molecule has 0 aromatic carbocycles. The molecule has 0 saturated heterocycles. The molecule has 9 heteroatoms. The predicted molar refractivity (Wildman–Crippen MR) is 96.8 cm³/mol. The Balaban J connectivity index is 1.78. The van der Waals surface area contributed by atoms with E-state index in [-0.39, 0.29) is 11.7 Å². The number of carbonyl (C=O) groups excluding carboxylic acids is 1. The molecule has 0 saturated carbocycles. The predicted octanol–water partition coefficient (Wildman–Crippen LogP) is 1.22. The van der Waals surface area contributed by atoms with Crippen LogP contribution in [-0.4, -0.2) is 62.5 Å². The second-order valence-electron chi connectivity index (χ2n) is 5.65. The maximum atomic E-state index is 12.9. The number of fused-ring (bicyclic) bond motifs is 1. The molecule has 7 nitrogen and oxygen atoms in total. The Morgan fingerprint density at radius 3 is 3.00 bits per heavy atom. The fraction of sp³-hybridized carbons (Fsp3) is 0.375. The number of amidine groups is 1. The van der Waals surface area contributed by atoms with Crippen molar-refractivity contribution in [2.24, 2.45) is 4.40 Å². The van der Waals surface area contributed by atoms with Crippen molar-refractivity contribution in [2.45, 2.75) is 6.54 Å². The minimum absolute atomic E-state index is 0.0507. The number of rotatable bonds is 6. The van der Waals surface area contributed by atoms with E-state index in [2.05, 4.69) is 4.40 Å². The van der Waals surface area contributed by atoms with Gasteiger partial charge in [-0.1, -0.05) is 6.07 Å². The highest BCUT2D eigenvalue weighted by molar-refractivity contribution is 7.90. The van der Waals surface area contributed by atoms with E-state index in [9.17, 15) is 13.2 Å². The summed E-state index contributed by atoms with van der Waals surface area (Å²) in [5.74, 6) is 0.184. The van der Waals surface area contributed by atoms with Gasteiger partial charge < -0.3 is 14.5 Å². The normalized spacial score (nSPS) is 18.4. The number of amides is 1. The first kappa shape index (κ1) is 17.8. The third-order valence-electron chi connectivity index (χ3n) is 3.85. The molecule has 2 aliphatic rings. The van der Waals surface area contributed by atoms with Crippen LogP contribution in [0.3, 0.4) is 0 Å². The lowest BCUT2D eigenvalue weighted by Gasteiger charge is -2.29. The van der Waals surface area contributed by atoms with Gasteiger partial charge in [-0.3, -0.25) is 4.79 Å². The van der Waals surface area contributed by atoms with E-state index >= 15 is 0 Å². The van der Waals surface area contributed by atoms with Crippen LogP contribution in [0.1, 0.15) is 4.88 Å². The van der Waals surface area contributed by atoms with Crippen LogP contribution in [0.2, 0.25) is 0 Å². The van der Waals surface area contributed by atoms with Crippen molar-refractivity contribution < 1.29 is 17.9 Å². The van der Waals surface area contributed by atoms with Gasteiger partial charge in [0.25, 0.3) is 15.9 Å². The van der Waals surface area contributed by atoms with Crippen molar-refractivity contribution in [1.29, 1.82) is 0 Å². The van der Waals surface area contributed by atoms with Crippen LogP contribution >= 0.6 is 11.3 Å². The van der Waals surface area contributed by atoms with Gasteiger partial charge in [0.2, 0.25) is 0 Å². The van der Waals surface area contributed by atoms with Crippen molar-refractivity contribution in [3.63, 3.8) is 0 Å². The topological polar surface area (TPSA) is 79.3 Å². The zero-order valence-corrected chi connectivity index (χ0v) is 15.4. The molecule has 25 heavy (non-hydrogen) atoms. The average molecular weight is 381 g/mol. The van der Waals surface area contributed by atoms with Gasteiger partial charge in [0, 0.05) is 31.3 Å². The molecule has 0 aliphatic carbocycles. The molecule has 1 aromatic heterocycles. The van der Waals surface area contributed by atoms with Gasteiger partial charge in [0.05, 0.1) is 24.5 Å². The van der Waals surface area contributed by atoms with Crippen LogP contribution in [0.25, 0.3) is 0 Å². The summed E-state index contributed by atoms with van der Waals surface area (Å²) in [6.07, 6.45) is 4.86. The Kier molecular flexibility index (Phi) is 5.36. The summed E-state index contributed by atoms with van der Waals surface area (Å²) in [4.78, 5) is 17.4. The average Bonchev–Trinajstić information content (AvgIpc) is 3.10. The van der Waals surface area contributed by atoms with Crippen LogP contribution in [0.5, 0.6) is 0 Å². The van der Waals surface area contributed by atoms with Crippen LogP contribution in [0.4, 0.5) is 0 Å². The molecule has 0 radical (unpaired) electrons. The van der Waals surface area contributed by atoms with E-state index in [1.807, 2.05) is 17.5 Å². The number of ether oxygens (including phenoxy) is 1. The van der Waals surface area contributed by atoms with Gasteiger partial charge >= 0.3 is 0 Å². The Labute approximate surface area is 151 Å². The highest BCUT2D eigenvalue weighted by atomic mass is 32.2. The number of carbonyl (C=O) groups is 1. The van der Waals surface area contributed by atoms with E-state index in [1.54, 1.807) is 46.6 Å². The summed E-state index contributed by atoms with van der Waals surface area (Å²) < 4.78 is 32.0. The van der Waals surface area contributed by atoms with Crippen LogP contribution < -0.4 is 0 Å². The standard InChI is InChI=1S/C16H19N3O4S2/c1-23-8-6-19(12-14-3-2-9-24-14)16(20)13-4-5-15-17-25(21,22)10-7-18(15)11-13/h2-5,9,11H,6-8,10,12H2,1H3. The molecule has 134 valence electrons. The lowest BCUT2D eigenvalue weighted by atomic mass is 10.1. The van der Waals surface area contributed by atoms with Gasteiger partial charge in [-0.15, -0.1) is 15.7 Å². The Hall–Kier alpha value is -1.97. The fourth-order valence-corrected chi connectivity index (χ4v) is 4.24. The summed E-state index contributed by atoms with van der Waals surface area (Å²) in [6, 6.07) is 3.94. The third-order valence-corrected chi connectivity index (χ3v) is 5.88. The largest absolute Gasteiger partial charge is 0.383 e. The van der Waals surface area contributed by atoms with Crippen molar-refractivity contribution in [2.75, 3.05) is 32.6 Å². The molecular formula is C16H19N3O4S2. The zero-order chi connectivity index (χ0) is 17.9. The number of nitrogens with zero attached hydrogens (tertiary/aromatic N) is 3. The van der Waals surface area contributed by atoms with Gasteiger partial charge in [0.15, 0.2) is 0 Å². The van der Waals surface area contributed by atoms with Crippen molar-refractivity contribution in [3.05, 3.63) is 46.3 Å². The van der Waals surface area contributed by atoms with Crippen molar-refractivity contribution in [1.82, 2.24) is 9.80 Å². The maximum Gasteiger partial charge on any atom is 0.256 e. The first-order valence-electron chi connectivity index (χ1n) is 7.78. The Morgan fingerprint density at radius 2 is 2.28 bits per heavy atom. The SMILES string of the molecule is COCCN(Cc1cccs1)C(=O)C1=CN2CCS(=O)(=O)N=C2C=C1. The molecule has 1 amide bonds. The second kappa shape index (κ2) is 7.51. The highest BCUT2D eigenvalue weighted by Gasteiger charge is 2.26. The van der Waals surface area contributed by atoms with Gasteiger partial charge in [-0.25, -0.2) is 8.42 Å². The number of hydrogen-bond donors (Lipinski definition) is 0. The molecule has 0 spiro atoms. The third kappa shape index (κ3) is 4.36. The van der Waals surface area contributed by atoms with Gasteiger partial charge in [0.1, 0.15) is 5.84 Å². The van der Waals surface area contributed by atoms with E-state index in [1.165, 1.54) is 0 Å². The van der Waals surface area contributed by atoms with Crippen molar-refractivity contribution >= 4 is 33.1 Å². The van der Waals surface area contributed by atoms with Gasteiger partial charge in [-0.05, 0) is 23.6 Å². The number of methoxy groups -OCH3 is 1. The van der Waals surface area contributed by atoms with E-state index in [0.717, 1.165) is 4.88 Å². The van der Waals surface area contributed by atoms with E-state index in [4.69, 9.17) is 4.74 Å².